The first-order valence-corrected chi connectivity index (χ1v) is 7.00. The maximum atomic E-state index is 13.6. The fraction of sp³-hybridized carbons (Fsp3) is 0.467. The molecule has 0 aliphatic carbocycles. The summed E-state index contributed by atoms with van der Waals surface area (Å²) < 4.78 is 13.6. The van der Waals surface area contributed by atoms with E-state index in [1.54, 1.807) is 0 Å². The molecule has 1 aromatic carbocycles. The van der Waals surface area contributed by atoms with E-state index >= 15 is 0 Å². The van der Waals surface area contributed by atoms with Crippen LogP contribution in [0.4, 0.5) is 15.8 Å². The summed E-state index contributed by atoms with van der Waals surface area (Å²) in [6.45, 7) is 4.76. The van der Waals surface area contributed by atoms with Crippen LogP contribution in [0.1, 0.15) is 26.7 Å². The second-order valence-corrected chi connectivity index (χ2v) is 5.67. The molecule has 1 heterocycles. The number of hydrogen-bond acceptors (Lipinski definition) is 3. The van der Waals surface area contributed by atoms with E-state index in [9.17, 15) is 14.0 Å². The van der Waals surface area contributed by atoms with Crippen LogP contribution in [0.25, 0.3) is 0 Å². The lowest BCUT2D eigenvalue weighted by atomic mass is 9.82. The normalized spacial score (nSPS) is 21.7. The third-order valence-corrected chi connectivity index (χ3v) is 3.68. The van der Waals surface area contributed by atoms with E-state index in [1.807, 2.05) is 6.92 Å². The summed E-state index contributed by atoms with van der Waals surface area (Å²) in [6.07, 6.45) is 1.76. The smallest absolute Gasteiger partial charge is 0.231 e. The molecular weight excluding hydrogens is 273 g/mol. The van der Waals surface area contributed by atoms with Gasteiger partial charge in [0.2, 0.25) is 11.8 Å². The van der Waals surface area contributed by atoms with Crippen LogP contribution in [-0.2, 0) is 9.59 Å². The minimum Gasteiger partial charge on any atom is -0.325 e. The average Bonchev–Trinajstić information content (AvgIpc) is 2.43. The molecule has 2 amide bonds. The monoisotopic (exact) mass is 293 g/mol. The number of piperidine rings is 1. The molecule has 1 aromatic rings. The Morgan fingerprint density at radius 3 is 2.71 bits per heavy atom. The van der Waals surface area contributed by atoms with Crippen molar-refractivity contribution in [2.45, 2.75) is 26.7 Å². The van der Waals surface area contributed by atoms with E-state index in [0.717, 1.165) is 19.4 Å². The Balaban J connectivity index is 2.12. The van der Waals surface area contributed by atoms with E-state index in [4.69, 9.17) is 0 Å². The van der Waals surface area contributed by atoms with Crippen LogP contribution in [0.2, 0.25) is 0 Å². The molecule has 1 unspecified atom stereocenters. The Labute approximate surface area is 123 Å². The largest absolute Gasteiger partial charge is 0.325 e. The van der Waals surface area contributed by atoms with Crippen molar-refractivity contribution in [1.82, 2.24) is 5.32 Å². The number of halogens is 1. The van der Waals surface area contributed by atoms with Gasteiger partial charge in [0.1, 0.15) is 5.82 Å². The molecular formula is C15H20FN3O2. The number of rotatable bonds is 3. The standard InChI is InChI=1S/C15H20FN3O2/c1-10(20)18-13-8-11(4-5-12(13)16)19-14(21)15(2)6-3-7-17-9-15/h4-5,8,17H,3,6-7,9H2,1-2H3,(H,18,20)(H,19,21). The lowest BCUT2D eigenvalue weighted by molar-refractivity contribution is -0.125. The van der Waals surface area contributed by atoms with Crippen molar-refractivity contribution in [2.24, 2.45) is 5.41 Å². The Morgan fingerprint density at radius 2 is 2.10 bits per heavy atom. The minimum absolute atomic E-state index is 0.0622. The number of carbonyl (C=O) groups is 2. The van der Waals surface area contributed by atoms with E-state index in [0.29, 0.717) is 12.2 Å². The summed E-state index contributed by atoms with van der Waals surface area (Å²) in [7, 11) is 0. The molecule has 5 nitrogen and oxygen atoms in total. The highest BCUT2D eigenvalue weighted by Gasteiger charge is 2.34. The first-order valence-electron chi connectivity index (χ1n) is 7.00. The minimum atomic E-state index is -0.534. The van der Waals surface area contributed by atoms with Crippen molar-refractivity contribution in [1.29, 1.82) is 0 Å². The molecule has 0 radical (unpaired) electrons. The topological polar surface area (TPSA) is 70.2 Å². The van der Waals surface area contributed by atoms with Gasteiger partial charge in [-0.2, -0.15) is 0 Å². The van der Waals surface area contributed by atoms with Gasteiger partial charge in [0.05, 0.1) is 11.1 Å². The van der Waals surface area contributed by atoms with E-state index in [2.05, 4.69) is 16.0 Å². The quantitative estimate of drug-likeness (QED) is 0.799. The second kappa shape index (κ2) is 6.22. The summed E-state index contributed by atoms with van der Waals surface area (Å²) in [5, 5.41) is 8.41. The van der Waals surface area contributed by atoms with Crippen LogP contribution < -0.4 is 16.0 Å². The van der Waals surface area contributed by atoms with Crippen molar-refractivity contribution in [2.75, 3.05) is 23.7 Å². The maximum absolute atomic E-state index is 13.6. The number of carbonyl (C=O) groups excluding carboxylic acids is 2. The molecule has 0 saturated carbocycles. The molecule has 114 valence electrons. The molecule has 0 aromatic heterocycles. The van der Waals surface area contributed by atoms with Gasteiger partial charge in [-0.05, 0) is 44.5 Å². The Morgan fingerprint density at radius 1 is 1.33 bits per heavy atom. The maximum Gasteiger partial charge on any atom is 0.231 e. The summed E-state index contributed by atoms with van der Waals surface area (Å²) in [6, 6.07) is 4.13. The van der Waals surface area contributed by atoms with Crippen LogP contribution in [0.3, 0.4) is 0 Å². The second-order valence-electron chi connectivity index (χ2n) is 5.67. The molecule has 0 spiro atoms. The van der Waals surface area contributed by atoms with E-state index in [1.165, 1.54) is 25.1 Å². The molecule has 1 fully saturated rings. The van der Waals surface area contributed by atoms with E-state index < -0.39 is 11.2 Å². The van der Waals surface area contributed by atoms with Crippen LogP contribution in [0, 0.1) is 11.2 Å². The molecule has 3 N–H and O–H groups in total. The number of nitrogens with one attached hydrogen (secondary N) is 3. The van der Waals surface area contributed by atoms with Crippen molar-refractivity contribution in [3.05, 3.63) is 24.0 Å². The fourth-order valence-electron chi connectivity index (χ4n) is 2.42. The fourth-order valence-corrected chi connectivity index (χ4v) is 2.42. The number of amides is 2. The van der Waals surface area contributed by atoms with Gasteiger partial charge in [0.15, 0.2) is 0 Å². The predicted molar refractivity (Wildman–Crippen MR) is 79.5 cm³/mol. The van der Waals surface area contributed by atoms with E-state index in [-0.39, 0.29) is 17.5 Å². The van der Waals surface area contributed by atoms with Gasteiger partial charge in [-0.25, -0.2) is 4.39 Å². The molecule has 21 heavy (non-hydrogen) atoms. The number of hydrogen-bond donors (Lipinski definition) is 3. The average molecular weight is 293 g/mol. The first-order chi connectivity index (χ1) is 9.90. The third kappa shape index (κ3) is 3.78. The van der Waals surface area contributed by atoms with Crippen molar-refractivity contribution in [3.63, 3.8) is 0 Å². The van der Waals surface area contributed by atoms with Crippen LogP contribution >= 0.6 is 0 Å². The summed E-state index contributed by atoms with van der Waals surface area (Å²) >= 11 is 0. The zero-order chi connectivity index (χ0) is 15.5. The van der Waals surface area contributed by atoms with Gasteiger partial charge in [0, 0.05) is 19.2 Å². The highest BCUT2D eigenvalue weighted by molar-refractivity contribution is 5.96. The van der Waals surface area contributed by atoms with Crippen molar-refractivity contribution in [3.8, 4) is 0 Å². The lowest BCUT2D eigenvalue weighted by Gasteiger charge is -2.32. The Bertz CT molecular complexity index is 554. The first kappa shape index (κ1) is 15.4. The van der Waals surface area contributed by atoms with Crippen LogP contribution in [0.5, 0.6) is 0 Å². The van der Waals surface area contributed by atoms with Gasteiger partial charge >= 0.3 is 0 Å². The zero-order valence-electron chi connectivity index (χ0n) is 12.3. The van der Waals surface area contributed by atoms with Gasteiger partial charge in [-0.3, -0.25) is 9.59 Å². The van der Waals surface area contributed by atoms with Gasteiger partial charge < -0.3 is 16.0 Å². The summed E-state index contributed by atoms with van der Waals surface area (Å²) in [4.78, 5) is 23.4. The summed E-state index contributed by atoms with van der Waals surface area (Å²) in [5.74, 6) is -0.996. The van der Waals surface area contributed by atoms with Gasteiger partial charge in [-0.1, -0.05) is 0 Å². The van der Waals surface area contributed by atoms with Crippen molar-refractivity contribution < 1.29 is 14.0 Å². The number of benzene rings is 1. The molecule has 6 heteroatoms. The predicted octanol–water partition coefficient (Wildman–Crippen LogP) is 2.11. The zero-order valence-corrected chi connectivity index (χ0v) is 12.3. The lowest BCUT2D eigenvalue weighted by Crippen LogP contribution is -2.46. The molecule has 1 aliphatic rings. The Hall–Kier alpha value is -1.95. The van der Waals surface area contributed by atoms with Crippen LogP contribution in [0.15, 0.2) is 18.2 Å². The molecule has 1 saturated heterocycles. The highest BCUT2D eigenvalue weighted by atomic mass is 19.1. The van der Waals surface area contributed by atoms with Crippen molar-refractivity contribution >= 4 is 23.2 Å². The number of anilines is 2. The molecule has 2 rings (SSSR count). The van der Waals surface area contributed by atoms with Gasteiger partial charge in [0.25, 0.3) is 0 Å². The molecule has 1 aliphatic heterocycles. The Kier molecular flexibility index (Phi) is 4.57. The van der Waals surface area contributed by atoms with Crippen LogP contribution in [-0.4, -0.2) is 24.9 Å². The molecule has 0 bridgehead atoms. The van der Waals surface area contributed by atoms with Gasteiger partial charge in [-0.15, -0.1) is 0 Å². The SMILES string of the molecule is CC(=O)Nc1cc(NC(=O)C2(C)CCCNC2)ccc1F. The molecule has 1 atom stereocenters. The highest BCUT2D eigenvalue weighted by Crippen LogP contribution is 2.28. The third-order valence-electron chi connectivity index (χ3n) is 3.68. The summed E-state index contributed by atoms with van der Waals surface area (Å²) in [5.41, 5.74) is 0.0602.